The van der Waals surface area contributed by atoms with Crippen molar-refractivity contribution in [2.24, 2.45) is 0 Å². The SMILES string of the molecule is O=C(Cl)c1ccc(C(F)(F)F)c(C(F)(F)F)c1. The number of hydrogen-bond donors (Lipinski definition) is 0. The molecule has 1 nitrogen and oxygen atoms in total. The first-order chi connectivity index (χ1) is 7.53. The van der Waals surface area contributed by atoms with Gasteiger partial charge in [-0.15, -0.1) is 0 Å². The number of carbonyl (C=O) groups excluding carboxylic acids is 1. The molecule has 0 radical (unpaired) electrons. The third-order valence-corrected chi connectivity index (χ3v) is 2.08. The minimum absolute atomic E-state index is 0.0815. The maximum atomic E-state index is 12.4. The van der Waals surface area contributed by atoms with Gasteiger partial charge in [0.15, 0.2) is 0 Å². The molecule has 17 heavy (non-hydrogen) atoms. The predicted molar refractivity (Wildman–Crippen MR) is 46.6 cm³/mol. The molecule has 0 saturated heterocycles. The lowest BCUT2D eigenvalue weighted by molar-refractivity contribution is -0.162. The smallest absolute Gasteiger partial charge is 0.276 e. The van der Waals surface area contributed by atoms with Gasteiger partial charge in [-0.1, -0.05) is 0 Å². The Hall–Kier alpha value is -1.24. The lowest BCUT2D eigenvalue weighted by atomic mass is 10.0. The van der Waals surface area contributed by atoms with Gasteiger partial charge in [0.05, 0.1) is 11.1 Å². The zero-order valence-electron chi connectivity index (χ0n) is 7.79. The molecule has 0 spiro atoms. The Balaban J connectivity index is 3.49. The van der Waals surface area contributed by atoms with Crippen LogP contribution in [0.2, 0.25) is 0 Å². The fourth-order valence-electron chi connectivity index (χ4n) is 1.15. The summed E-state index contributed by atoms with van der Waals surface area (Å²) in [6.07, 6.45) is -10.4. The Labute approximate surface area is 96.0 Å². The van der Waals surface area contributed by atoms with Crippen LogP contribution in [-0.2, 0) is 12.4 Å². The third kappa shape index (κ3) is 3.12. The lowest BCUT2D eigenvalue weighted by Crippen LogP contribution is -2.17. The van der Waals surface area contributed by atoms with E-state index in [-0.39, 0.29) is 12.1 Å². The zero-order valence-corrected chi connectivity index (χ0v) is 8.54. The van der Waals surface area contributed by atoms with E-state index in [0.717, 1.165) is 0 Å². The summed E-state index contributed by atoms with van der Waals surface area (Å²) in [5, 5.41) is -1.26. The topological polar surface area (TPSA) is 17.1 Å². The maximum Gasteiger partial charge on any atom is 0.417 e. The molecule has 8 heteroatoms. The van der Waals surface area contributed by atoms with E-state index in [0.29, 0.717) is 6.07 Å². The normalized spacial score (nSPS) is 12.6. The largest absolute Gasteiger partial charge is 0.417 e. The molecular formula is C9H3ClF6O. The molecule has 1 aromatic carbocycles. The monoisotopic (exact) mass is 276 g/mol. The molecule has 94 valence electrons. The van der Waals surface area contributed by atoms with E-state index in [1.165, 1.54) is 0 Å². The number of hydrogen-bond acceptors (Lipinski definition) is 1. The second-order valence-electron chi connectivity index (χ2n) is 3.03. The minimum atomic E-state index is -5.22. The predicted octanol–water partition coefficient (Wildman–Crippen LogP) is 4.10. The van der Waals surface area contributed by atoms with Gasteiger partial charge in [0, 0.05) is 5.56 Å². The molecule has 0 unspecified atom stereocenters. The molecule has 0 aliphatic rings. The Bertz CT molecular complexity index is 448. The van der Waals surface area contributed by atoms with Crippen molar-refractivity contribution < 1.29 is 31.1 Å². The number of benzene rings is 1. The maximum absolute atomic E-state index is 12.4. The molecule has 0 amide bonds. The Kier molecular flexibility index (Phi) is 3.42. The van der Waals surface area contributed by atoms with Crippen LogP contribution in [0.3, 0.4) is 0 Å². The number of carbonyl (C=O) groups is 1. The fraction of sp³-hybridized carbons (Fsp3) is 0.222. The Morgan fingerprint density at radius 2 is 1.41 bits per heavy atom. The van der Waals surface area contributed by atoms with Crippen molar-refractivity contribution >= 4 is 16.8 Å². The molecular weight excluding hydrogens is 274 g/mol. The van der Waals surface area contributed by atoms with Crippen molar-refractivity contribution in [2.75, 3.05) is 0 Å². The minimum Gasteiger partial charge on any atom is -0.276 e. The highest BCUT2D eigenvalue weighted by atomic mass is 35.5. The summed E-state index contributed by atoms with van der Waals surface area (Å²) in [6.45, 7) is 0. The summed E-state index contributed by atoms with van der Waals surface area (Å²) in [5.74, 6) is 0. The first-order valence-electron chi connectivity index (χ1n) is 4.02. The van der Waals surface area contributed by atoms with E-state index in [1.807, 2.05) is 0 Å². The van der Waals surface area contributed by atoms with Crippen molar-refractivity contribution in [1.29, 1.82) is 0 Å². The van der Waals surface area contributed by atoms with Crippen LogP contribution in [0.1, 0.15) is 21.5 Å². The molecule has 1 aromatic rings. The van der Waals surface area contributed by atoms with E-state index >= 15 is 0 Å². The van der Waals surface area contributed by atoms with E-state index in [4.69, 9.17) is 11.6 Å². The summed E-state index contributed by atoms with van der Waals surface area (Å²) >= 11 is 4.90. The molecule has 0 heterocycles. The molecule has 1 rings (SSSR count). The van der Waals surface area contributed by atoms with E-state index in [1.54, 1.807) is 0 Å². The van der Waals surface area contributed by atoms with Gasteiger partial charge < -0.3 is 0 Å². The molecule has 0 N–H and O–H groups in total. The molecule has 0 aromatic heterocycles. The van der Waals surface area contributed by atoms with Gasteiger partial charge in [0.1, 0.15) is 0 Å². The summed E-state index contributed by atoms with van der Waals surface area (Å²) in [6, 6.07) is 0.851. The van der Waals surface area contributed by atoms with Gasteiger partial charge in [-0.2, -0.15) is 26.3 Å². The number of alkyl halides is 6. The van der Waals surface area contributed by atoms with Gasteiger partial charge in [0.2, 0.25) is 0 Å². The van der Waals surface area contributed by atoms with Gasteiger partial charge >= 0.3 is 12.4 Å². The molecule has 0 bridgehead atoms. The molecule has 0 aliphatic heterocycles. The Morgan fingerprint density at radius 1 is 0.941 bits per heavy atom. The molecule has 0 saturated carbocycles. The summed E-state index contributed by atoms with van der Waals surface area (Å²) in [7, 11) is 0. The average molecular weight is 277 g/mol. The van der Waals surface area contributed by atoms with Crippen LogP contribution in [0.4, 0.5) is 26.3 Å². The van der Waals surface area contributed by atoms with Crippen molar-refractivity contribution in [2.45, 2.75) is 12.4 Å². The Morgan fingerprint density at radius 3 is 1.76 bits per heavy atom. The quantitative estimate of drug-likeness (QED) is 0.557. The summed E-state index contributed by atoms with van der Waals surface area (Å²) in [4.78, 5) is 10.6. The summed E-state index contributed by atoms with van der Waals surface area (Å²) < 4.78 is 74.0. The van der Waals surface area contributed by atoms with Crippen molar-refractivity contribution in [3.05, 3.63) is 34.9 Å². The van der Waals surface area contributed by atoms with Gasteiger partial charge in [-0.3, -0.25) is 4.79 Å². The molecule has 0 atom stereocenters. The van der Waals surface area contributed by atoms with Crippen molar-refractivity contribution in [3.8, 4) is 0 Å². The van der Waals surface area contributed by atoms with Crippen LogP contribution in [0.25, 0.3) is 0 Å². The van der Waals surface area contributed by atoms with Gasteiger partial charge in [0.25, 0.3) is 5.24 Å². The highest BCUT2D eigenvalue weighted by Gasteiger charge is 2.43. The standard InChI is InChI=1S/C9H3ClF6O/c10-7(17)4-1-2-5(8(11,12)13)6(3-4)9(14,15)16/h1-3H. The second-order valence-corrected chi connectivity index (χ2v) is 3.37. The van der Waals surface area contributed by atoms with Crippen LogP contribution in [0.15, 0.2) is 18.2 Å². The van der Waals surface area contributed by atoms with Gasteiger partial charge in [-0.25, -0.2) is 0 Å². The number of rotatable bonds is 1. The van der Waals surface area contributed by atoms with Gasteiger partial charge in [-0.05, 0) is 29.8 Å². The molecule has 0 fully saturated rings. The third-order valence-electron chi connectivity index (χ3n) is 1.86. The van der Waals surface area contributed by atoms with Crippen LogP contribution in [0.5, 0.6) is 0 Å². The van der Waals surface area contributed by atoms with E-state index in [2.05, 4.69) is 0 Å². The van der Waals surface area contributed by atoms with Crippen LogP contribution >= 0.6 is 11.6 Å². The highest BCUT2D eigenvalue weighted by molar-refractivity contribution is 6.67. The lowest BCUT2D eigenvalue weighted by Gasteiger charge is -2.15. The molecule has 0 aliphatic carbocycles. The van der Waals surface area contributed by atoms with Crippen molar-refractivity contribution in [3.63, 3.8) is 0 Å². The van der Waals surface area contributed by atoms with Crippen LogP contribution in [0, 0.1) is 0 Å². The van der Waals surface area contributed by atoms with E-state index in [9.17, 15) is 31.1 Å². The van der Waals surface area contributed by atoms with Crippen LogP contribution < -0.4 is 0 Å². The number of halogens is 7. The highest BCUT2D eigenvalue weighted by Crippen LogP contribution is 2.40. The second kappa shape index (κ2) is 4.21. The van der Waals surface area contributed by atoms with Crippen molar-refractivity contribution in [1.82, 2.24) is 0 Å². The fourth-order valence-corrected chi connectivity index (χ4v) is 1.27. The first kappa shape index (κ1) is 13.8. The first-order valence-corrected chi connectivity index (χ1v) is 4.39. The summed E-state index contributed by atoms with van der Waals surface area (Å²) in [5.41, 5.74) is -4.44. The average Bonchev–Trinajstić information content (AvgIpc) is 2.14. The van der Waals surface area contributed by atoms with Crippen LogP contribution in [-0.4, -0.2) is 5.24 Å². The zero-order chi connectivity index (χ0) is 13.4. The van der Waals surface area contributed by atoms with E-state index < -0.39 is 34.3 Å².